The first-order chi connectivity index (χ1) is 8.83. The van der Waals surface area contributed by atoms with Gasteiger partial charge in [0, 0.05) is 0 Å². The largest absolute Gasteiger partial charge is 0.461 e. The van der Waals surface area contributed by atoms with Crippen LogP contribution in [0.4, 0.5) is 0 Å². The van der Waals surface area contributed by atoms with E-state index in [0.29, 0.717) is 29.8 Å². The van der Waals surface area contributed by atoms with E-state index in [1.165, 1.54) is 12.8 Å². The van der Waals surface area contributed by atoms with E-state index in [1.807, 2.05) is 0 Å². The van der Waals surface area contributed by atoms with Crippen LogP contribution < -0.4 is 0 Å². The smallest absolute Gasteiger partial charge is 0.238 e. The fraction of sp³-hybridized carbons (Fsp3) is 0.538. The molecule has 0 radical (unpaired) electrons. The predicted molar refractivity (Wildman–Crippen MR) is 63.7 cm³/mol. The van der Waals surface area contributed by atoms with E-state index in [1.54, 1.807) is 18.4 Å². The number of hydrogen-bond acceptors (Lipinski definition) is 5. The van der Waals surface area contributed by atoms with E-state index in [-0.39, 0.29) is 6.10 Å². The topological polar surface area (TPSA) is 72.3 Å². The summed E-state index contributed by atoms with van der Waals surface area (Å²) in [4.78, 5) is 4.23. The summed E-state index contributed by atoms with van der Waals surface area (Å²) < 4.78 is 10.3. The van der Waals surface area contributed by atoms with Crippen molar-refractivity contribution in [3.63, 3.8) is 0 Å². The average molecular weight is 248 g/mol. The summed E-state index contributed by atoms with van der Waals surface area (Å²) in [6.45, 7) is 0. The minimum atomic E-state index is -0.377. The van der Waals surface area contributed by atoms with Gasteiger partial charge in [-0.3, -0.25) is 0 Å². The molecule has 1 atom stereocenters. The first kappa shape index (κ1) is 11.5. The molecule has 0 aromatic carbocycles. The van der Waals surface area contributed by atoms with E-state index in [4.69, 9.17) is 8.94 Å². The molecule has 1 fully saturated rings. The van der Waals surface area contributed by atoms with Crippen molar-refractivity contribution in [2.45, 2.75) is 38.2 Å². The van der Waals surface area contributed by atoms with Gasteiger partial charge < -0.3 is 14.0 Å². The highest BCUT2D eigenvalue weighted by Gasteiger charge is 2.25. The number of aliphatic hydroxyl groups is 1. The molecule has 0 bridgehead atoms. The normalized spacial score (nSPS) is 18.3. The van der Waals surface area contributed by atoms with Crippen molar-refractivity contribution >= 4 is 0 Å². The zero-order valence-corrected chi connectivity index (χ0v) is 10.1. The van der Waals surface area contributed by atoms with Crippen LogP contribution in [-0.2, 0) is 6.42 Å². The van der Waals surface area contributed by atoms with Crippen molar-refractivity contribution in [3.05, 3.63) is 24.3 Å². The lowest BCUT2D eigenvalue weighted by molar-refractivity contribution is 0.102. The average Bonchev–Trinajstić information content (AvgIpc) is 3.12. The van der Waals surface area contributed by atoms with E-state index in [9.17, 15) is 5.11 Å². The molecule has 18 heavy (non-hydrogen) atoms. The fourth-order valence-electron chi connectivity index (χ4n) is 2.53. The maximum absolute atomic E-state index is 10.1. The van der Waals surface area contributed by atoms with Crippen molar-refractivity contribution < 1.29 is 14.0 Å². The Morgan fingerprint density at radius 2 is 2.22 bits per heavy atom. The molecule has 1 N–H and O–H groups in total. The maximum atomic E-state index is 10.1. The van der Waals surface area contributed by atoms with Crippen molar-refractivity contribution in [3.8, 4) is 11.6 Å². The lowest BCUT2D eigenvalue weighted by Gasteiger charge is -2.14. The quantitative estimate of drug-likeness (QED) is 0.899. The molecule has 2 aromatic heterocycles. The standard InChI is InChI=1S/C13H16N2O3/c16-10(9-4-1-2-5-9)8-12-14-13(15-18-12)11-6-3-7-17-11/h3,6-7,9-10,16H,1-2,4-5,8H2. The van der Waals surface area contributed by atoms with Crippen LogP contribution in [0.3, 0.4) is 0 Å². The van der Waals surface area contributed by atoms with Gasteiger partial charge in [-0.15, -0.1) is 0 Å². The Balaban J connectivity index is 1.66. The summed E-state index contributed by atoms with van der Waals surface area (Å²) >= 11 is 0. The highest BCUT2D eigenvalue weighted by Crippen LogP contribution is 2.29. The number of hydrogen-bond donors (Lipinski definition) is 1. The Labute approximate surface area is 105 Å². The van der Waals surface area contributed by atoms with E-state index in [0.717, 1.165) is 12.8 Å². The minimum absolute atomic E-state index is 0.377. The minimum Gasteiger partial charge on any atom is -0.461 e. The molecule has 1 aliphatic rings. The summed E-state index contributed by atoms with van der Waals surface area (Å²) in [6, 6.07) is 3.56. The monoisotopic (exact) mass is 248 g/mol. The Morgan fingerprint density at radius 3 is 2.94 bits per heavy atom. The zero-order valence-electron chi connectivity index (χ0n) is 10.1. The van der Waals surface area contributed by atoms with Gasteiger partial charge in [0.25, 0.3) is 0 Å². The van der Waals surface area contributed by atoms with Gasteiger partial charge in [-0.25, -0.2) is 0 Å². The zero-order chi connectivity index (χ0) is 12.4. The summed E-state index contributed by atoms with van der Waals surface area (Å²) in [7, 11) is 0. The predicted octanol–water partition coefficient (Wildman–Crippen LogP) is 2.42. The summed E-state index contributed by atoms with van der Waals surface area (Å²) in [5.41, 5.74) is 0. The number of aromatic nitrogens is 2. The Kier molecular flexibility index (Phi) is 3.15. The first-order valence-electron chi connectivity index (χ1n) is 6.37. The molecule has 96 valence electrons. The summed E-state index contributed by atoms with van der Waals surface area (Å²) in [6.07, 6.45) is 6.24. The van der Waals surface area contributed by atoms with Crippen LogP contribution in [-0.4, -0.2) is 21.4 Å². The SMILES string of the molecule is OC(Cc1nc(-c2ccco2)no1)C1CCCC1. The molecule has 1 aliphatic carbocycles. The van der Waals surface area contributed by atoms with Gasteiger partial charge >= 0.3 is 0 Å². The third-order valence-corrected chi connectivity index (χ3v) is 3.54. The third-order valence-electron chi connectivity index (χ3n) is 3.54. The first-order valence-corrected chi connectivity index (χ1v) is 6.37. The lowest BCUT2D eigenvalue weighted by Crippen LogP contribution is -2.20. The molecule has 5 nitrogen and oxygen atoms in total. The van der Waals surface area contributed by atoms with Crippen LogP contribution in [0, 0.1) is 5.92 Å². The lowest BCUT2D eigenvalue weighted by atomic mass is 9.98. The van der Waals surface area contributed by atoms with Crippen molar-refractivity contribution in [2.75, 3.05) is 0 Å². The van der Waals surface area contributed by atoms with Gasteiger partial charge in [0.2, 0.25) is 11.7 Å². The number of nitrogens with zero attached hydrogens (tertiary/aromatic N) is 2. The Morgan fingerprint density at radius 1 is 1.39 bits per heavy atom. The van der Waals surface area contributed by atoms with Crippen LogP contribution in [0.2, 0.25) is 0 Å². The molecule has 0 spiro atoms. The third kappa shape index (κ3) is 2.31. The molecule has 2 heterocycles. The number of rotatable bonds is 4. The molecule has 0 amide bonds. The molecule has 0 aliphatic heterocycles. The van der Waals surface area contributed by atoms with Gasteiger partial charge in [-0.2, -0.15) is 4.98 Å². The van der Waals surface area contributed by atoms with Crippen LogP contribution in [0.15, 0.2) is 27.3 Å². The van der Waals surface area contributed by atoms with Gasteiger partial charge in [-0.1, -0.05) is 18.0 Å². The molecule has 1 unspecified atom stereocenters. The van der Waals surface area contributed by atoms with E-state index in [2.05, 4.69) is 10.1 Å². The van der Waals surface area contributed by atoms with Gasteiger partial charge in [0.1, 0.15) is 0 Å². The molecule has 0 saturated heterocycles. The van der Waals surface area contributed by atoms with Gasteiger partial charge in [-0.05, 0) is 30.9 Å². The highest BCUT2D eigenvalue weighted by molar-refractivity contribution is 5.44. The van der Waals surface area contributed by atoms with Crippen LogP contribution >= 0.6 is 0 Å². The second-order valence-electron chi connectivity index (χ2n) is 4.81. The number of furan rings is 1. The van der Waals surface area contributed by atoms with Crippen molar-refractivity contribution in [1.82, 2.24) is 10.1 Å². The van der Waals surface area contributed by atoms with Crippen LogP contribution in [0.1, 0.15) is 31.6 Å². The highest BCUT2D eigenvalue weighted by atomic mass is 16.5. The second kappa shape index (κ2) is 4.94. The Hall–Kier alpha value is -1.62. The van der Waals surface area contributed by atoms with Gasteiger partial charge in [0.15, 0.2) is 5.76 Å². The molecule has 2 aromatic rings. The summed E-state index contributed by atoms with van der Waals surface area (Å²) in [5.74, 6) is 1.87. The van der Waals surface area contributed by atoms with Crippen LogP contribution in [0.5, 0.6) is 0 Å². The molecule has 1 saturated carbocycles. The Bertz CT molecular complexity index is 486. The van der Waals surface area contributed by atoms with E-state index < -0.39 is 0 Å². The molecule has 3 rings (SSSR count). The fourth-order valence-corrected chi connectivity index (χ4v) is 2.53. The van der Waals surface area contributed by atoms with Crippen LogP contribution in [0.25, 0.3) is 11.6 Å². The second-order valence-corrected chi connectivity index (χ2v) is 4.81. The van der Waals surface area contributed by atoms with Crippen molar-refractivity contribution in [1.29, 1.82) is 0 Å². The van der Waals surface area contributed by atoms with Crippen molar-refractivity contribution in [2.24, 2.45) is 5.92 Å². The van der Waals surface area contributed by atoms with E-state index >= 15 is 0 Å². The number of aliphatic hydroxyl groups excluding tert-OH is 1. The summed E-state index contributed by atoms with van der Waals surface area (Å²) in [5, 5.41) is 13.9. The maximum Gasteiger partial charge on any atom is 0.238 e. The molecular weight excluding hydrogens is 232 g/mol. The molecular formula is C13H16N2O3. The van der Waals surface area contributed by atoms with Gasteiger partial charge in [0.05, 0.1) is 18.8 Å². The molecule has 5 heteroatoms.